The standard InChI is InChI=1S/C8H10N3O2P/c12-6-2-4-9-5-1-3-10-8(13)7(5)11(6)14/h1,3,9H,2,4,14H2,(H,10,13). The summed E-state index contributed by atoms with van der Waals surface area (Å²) >= 11 is 0. The average molecular weight is 211 g/mol. The molecule has 6 heteroatoms. The van der Waals surface area contributed by atoms with E-state index in [1.54, 1.807) is 12.3 Å². The Labute approximate surface area is 82.8 Å². The zero-order chi connectivity index (χ0) is 10.1. The van der Waals surface area contributed by atoms with Crippen molar-refractivity contribution in [2.45, 2.75) is 6.42 Å². The molecule has 0 saturated carbocycles. The van der Waals surface area contributed by atoms with E-state index in [0.717, 1.165) is 0 Å². The summed E-state index contributed by atoms with van der Waals surface area (Å²) in [4.78, 5) is 25.4. The van der Waals surface area contributed by atoms with Crippen LogP contribution in [0.3, 0.4) is 0 Å². The molecule has 2 heterocycles. The molecule has 74 valence electrons. The van der Waals surface area contributed by atoms with E-state index in [1.165, 1.54) is 4.67 Å². The first-order valence-electron chi connectivity index (χ1n) is 4.23. The van der Waals surface area contributed by atoms with Crippen LogP contribution in [-0.2, 0) is 4.79 Å². The van der Waals surface area contributed by atoms with Crippen LogP contribution in [0.15, 0.2) is 17.1 Å². The lowest BCUT2D eigenvalue weighted by Gasteiger charge is -2.14. The predicted octanol–water partition coefficient (Wildman–Crippen LogP) is 0.314. The van der Waals surface area contributed by atoms with E-state index in [1.807, 2.05) is 0 Å². The SMILES string of the molecule is O=C1CCNc2cc[nH]c(=O)c2N1P. The van der Waals surface area contributed by atoms with Gasteiger partial charge in [0.2, 0.25) is 5.91 Å². The van der Waals surface area contributed by atoms with Crippen molar-refractivity contribution in [2.24, 2.45) is 0 Å². The number of carbonyl (C=O) groups excluding carboxylic acids is 1. The number of fused-ring (bicyclic) bond motifs is 1. The minimum absolute atomic E-state index is 0.0852. The van der Waals surface area contributed by atoms with Crippen LogP contribution in [0.2, 0.25) is 0 Å². The number of aromatic nitrogens is 1. The van der Waals surface area contributed by atoms with Crippen LogP contribution < -0.4 is 15.5 Å². The summed E-state index contributed by atoms with van der Waals surface area (Å²) in [5.74, 6) is -0.0852. The molecule has 1 aromatic heterocycles. The van der Waals surface area contributed by atoms with E-state index in [0.29, 0.717) is 24.3 Å². The highest BCUT2D eigenvalue weighted by atomic mass is 31.0. The maximum atomic E-state index is 11.5. The predicted molar refractivity (Wildman–Crippen MR) is 57.4 cm³/mol. The van der Waals surface area contributed by atoms with E-state index in [9.17, 15) is 9.59 Å². The molecule has 1 aliphatic heterocycles. The number of pyridine rings is 1. The Morgan fingerprint density at radius 1 is 1.43 bits per heavy atom. The van der Waals surface area contributed by atoms with Crippen molar-refractivity contribution < 1.29 is 4.79 Å². The molecule has 1 amide bonds. The van der Waals surface area contributed by atoms with Crippen LogP contribution in [-0.4, -0.2) is 17.4 Å². The Bertz CT molecular complexity index is 429. The van der Waals surface area contributed by atoms with Gasteiger partial charge in [-0.3, -0.25) is 14.3 Å². The molecule has 0 saturated heterocycles. The number of carbonyl (C=O) groups is 1. The van der Waals surface area contributed by atoms with Crippen molar-refractivity contribution in [3.8, 4) is 0 Å². The molecule has 2 N–H and O–H groups in total. The van der Waals surface area contributed by atoms with E-state index >= 15 is 0 Å². The van der Waals surface area contributed by atoms with Crippen LogP contribution in [0.1, 0.15) is 6.42 Å². The van der Waals surface area contributed by atoms with Crippen LogP contribution >= 0.6 is 9.39 Å². The average Bonchev–Trinajstić information content (AvgIpc) is 2.29. The second-order valence-electron chi connectivity index (χ2n) is 3.01. The first kappa shape index (κ1) is 9.21. The van der Waals surface area contributed by atoms with Gasteiger partial charge in [-0.05, 0) is 15.5 Å². The van der Waals surface area contributed by atoms with Gasteiger partial charge in [0, 0.05) is 19.2 Å². The lowest BCUT2D eigenvalue weighted by atomic mass is 10.3. The second-order valence-corrected chi connectivity index (χ2v) is 3.53. The lowest BCUT2D eigenvalue weighted by molar-refractivity contribution is -0.117. The molecule has 1 aromatic rings. The molecule has 0 bridgehead atoms. The van der Waals surface area contributed by atoms with Crippen molar-refractivity contribution in [1.29, 1.82) is 0 Å². The number of hydrogen-bond donors (Lipinski definition) is 2. The highest BCUT2D eigenvalue weighted by molar-refractivity contribution is 7.21. The van der Waals surface area contributed by atoms with Crippen LogP contribution in [0, 0.1) is 0 Å². The Kier molecular flexibility index (Phi) is 2.25. The van der Waals surface area contributed by atoms with Crippen molar-refractivity contribution in [3.05, 3.63) is 22.6 Å². The molecule has 0 fully saturated rings. The first-order chi connectivity index (χ1) is 6.70. The molecular weight excluding hydrogens is 201 g/mol. The summed E-state index contributed by atoms with van der Waals surface area (Å²) in [5, 5.41) is 3.03. The van der Waals surface area contributed by atoms with Gasteiger partial charge < -0.3 is 10.3 Å². The number of rotatable bonds is 0. The lowest BCUT2D eigenvalue weighted by Crippen LogP contribution is -2.24. The Hall–Kier alpha value is -1.35. The van der Waals surface area contributed by atoms with Crippen LogP contribution in [0.5, 0.6) is 0 Å². The number of H-pyrrole nitrogens is 1. The molecule has 2 rings (SSSR count). The van der Waals surface area contributed by atoms with Crippen molar-refractivity contribution in [2.75, 3.05) is 16.5 Å². The van der Waals surface area contributed by atoms with Gasteiger partial charge in [0.15, 0.2) is 0 Å². The molecule has 0 aliphatic carbocycles. The number of hydrogen-bond acceptors (Lipinski definition) is 3. The number of anilines is 2. The fraction of sp³-hybridized carbons (Fsp3) is 0.250. The number of nitrogens with one attached hydrogen (secondary N) is 2. The molecule has 1 aliphatic rings. The van der Waals surface area contributed by atoms with E-state index < -0.39 is 0 Å². The molecule has 0 spiro atoms. The first-order valence-corrected chi connectivity index (χ1v) is 4.75. The summed E-state index contributed by atoms with van der Waals surface area (Å²) in [6.07, 6.45) is 1.94. The molecule has 1 atom stereocenters. The van der Waals surface area contributed by atoms with E-state index in [4.69, 9.17) is 0 Å². The summed E-state index contributed by atoms with van der Waals surface area (Å²) in [5.41, 5.74) is 0.787. The van der Waals surface area contributed by atoms with Gasteiger partial charge in [0.05, 0.1) is 5.69 Å². The third-order valence-corrected chi connectivity index (χ3v) is 2.64. The molecule has 14 heavy (non-hydrogen) atoms. The normalized spacial score (nSPS) is 15.8. The zero-order valence-electron chi connectivity index (χ0n) is 7.41. The number of aromatic amines is 1. The van der Waals surface area contributed by atoms with Gasteiger partial charge in [-0.15, -0.1) is 0 Å². The Morgan fingerprint density at radius 2 is 2.21 bits per heavy atom. The molecular formula is C8H10N3O2P. The maximum Gasteiger partial charge on any atom is 0.274 e. The maximum absolute atomic E-state index is 11.5. The smallest absolute Gasteiger partial charge is 0.274 e. The van der Waals surface area contributed by atoms with Gasteiger partial charge in [-0.1, -0.05) is 0 Å². The topological polar surface area (TPSA) is 65.2 Å². The number of nitrogens with zero attached hydrogens (tertiary/aromatic N) is 1. The van der Waals surface area contributed by atoms with Crippen molar-refractivity contribution in [3.63, 3.8) is 0 Å². The molecule has 0 radical (unpaired) electrons. The third-order valence-electron chi connectivity index (χ3n) is 2.10. The third kappa shape index (κ3) is 1.40. The number of amides is 1. The van der Waals surface area contributed by atoms with Gasteiger partial charge in [0.25, 0.3) is 5.56 Å². The van der Waals surface area contributed by atoms with Gasteiger partial charge in [-0.25, -0.2) is 0 Å². The minimum atomic E-state index is -0.264. The van der Waals surface area contributed by atoms with Gasteiger partial charge in [-0.2, -0.15) is 0 Å². The van der Waals surface area contributed by atoms with E-state index in [-0.39, 0.29) is 11.5 Å². The fourth-order valence-electron chi connectivity index (χ4n) is 1.40. The monoisotopic (exact) mass is 211 g/mol. The molecule has 1 unspecified atom stereocenters. The summed E-state index contributed by atoms with van der Waals surface area (Å²) in [6, 6.07) is 1.74. The van der Waals surface area contributed by atoms with Crippen LogP contribution in [0.25, 0.3) is 0 Å². The summed E-state index contributed by atoms with van der Waals surface area (Å²) < 4.78 is 1.31. The Morgan fingerprint density at radius 3 is 3.00 bits per heavy atom. The van der Waals surface area contributed by atoms with Crippen LogP contribution in [0.4, 0.5) is 11.4 Å². The summed E-state index contributed by atoms with van der Waals surface area (Å²) in [7, 11) is 2.26. The van der Waals surface area contributed by atoms with E-state index in [2.05, 4.69) is 19.7 Å². The highest BCUT2D eigenvalue weighted by Crippen LogP contribution is 2.26. The van der Waals surface area contributed by atoms with Crippen molar-refractivity contribution >= 4 is 26.7 Å². The second kappa shape index (κ2) is 3.42. The molecule has 0 aromatic carbocycles. The zero-order valence-corrected chi connectivity index (χ0v) is 8.56. The minimum Gasteiger partial charge on any atom is -0.383 e. The molecule has 5 nitrogen and oxygen atoms in total. The summed E-state index contributed by atoms with van der Waals surface area (Å²) in [6.45, 7) is 0.556. The quantitative estimate of drug-likeness (QED) is 0.607. The largest absolute Gasteiger partial charge is 0.383 e. The Balaban J connectivity index is 2.61. The van der Waals surface area contributed by atoms with Gasteiger partial charge in [0.1, 0.15) is 5.69 Å². The fourth-order valence-corrected chi connectivity index (χ4v) is 1.79. The van der Waals surface area contributed by atoms with Gasteiger partial charge >= 0.3 is 0 Å². The van der Waals surface area contributed by atoms with Crippen molar-refractivity contribution in [1.82, 2.24) is 4.98 Å². The highest BCUT2D eigenvalue weighted by Gasteiger charge is 2.20.